The summed E-state index contributed by atoms with van der Waals surface area (Å²) in [7, 11) is 0. The Hall–Kier alpha value is -0.570. The summed E-state index contributed by atoms with van der Waals surface area (Å²) in [5.74, 6) is 0. The summed E-state index contributed by atoms with van der Waals surface area (Å²) in [6.45, 7) is 9.94. The number of hydrogen-bond donors (Lipinski definition) is 1. The van der Waals surface area contributed by atoms with Gasteiger partial charge in [0, 0.05) is 18.8 Å². The SMILES string of the molecule is CCCCN1CCC(NN=C(C)C)C1. The number of rotatable bonds is 5. The van der Waals surface area contributed by atoms with E-state index in [4.69, 9.17) is 0 Å². The van der Waals surface area contributed by atoms with Crippen molar-refractivity contribution < 1.29 is 0 Å². The smallest absolute Gasteiger partial charge is 0.0579 e. The molecule has 1 fully saturated rings. The summed E-state index contributed by atoms with van der Waals surface area (Å²) < 4.78 is 0. The lowest BCUT2D eigenvalue weighted by Crippen LogP contribution is -2.30. The summed E-state index contributed by atoms with van der Waals surface area (Å²) >= 11 is 0. The lowest BCUT2D eigenvalue weighted by atomic mass is 10.3. The van der Waals surface area contributed by atoms with Gasteiger partial charge in [-0.05, 0) is 33.2 Å². The van der Waals surface area contributed by atoms with Gasteiger partial charge in [0.15, 0.2) is 0 Å². The molecule has 1 atom stereocenters. The van der Waals surface area contributed by atoms with E-state index in [1.54, 1.807) is 0 Å². The molecule has 14 heavy (non-hydrogen) atoms. The van der Waals surface area contributed by atoms with Gasteiger partial charge in [-0.1, -0.05) is 13.3 Å². The van der Waals surface area contributed by atoms with Gasteiger partial charge in [-0.15, -0.1) is 0 Å². The molecule has 82 valence electrons. The van der Waals surface area contributed by atoms with Crippen LogP contribution < -0.4 is 5.43 Å². The van der Waals surface area contributed by atoms with Crippen molar-refractivity contribution in [2.75, 3.05) is 19.6 Å². The topological polar surface area (TPSA) is 27.6 Å². The van der Waals surface area contributed by atoms with E-state index in [1.807, 2.05) is 13.8 Å². The molecule has 3 heteroatoms. The highest BCUT2D eigenvalue weighted by Gasteiger charge is 2.20. The van der Waals surface area contributed by atoms with E-state index >= 15 is 0 Å². The fourth-order valence-electron chi connectivity index (χ4n) is 1.74. The van der Waals surface area contributed by atoms with Crippen LogP contribution in [0.4, 0.5) is 0 Å². The van der Waals surface area contributed by atoms with Crippen LogP contribution in [0.3, 0.4) is 0 Å². The Kier molecular flexibility index (Phi) is 4.94. The maximum atomic E-state index is 4.26. The number of hydrogen-bond acceptors (Lipinski definition) is 3. The molecule has 0 aromatic rings. The Labute approximate surface area is 87.6 Å². The molecule has 0 spiro atoms. The molecule has 0 bridgehead atoms. The maximum absolute atomic E-state index is 4.26. The third-order valence-corrected chi connectivity index (χ3v) is 2.57. The average molecular weight is 197 g/mol. The predicted molar refractivity (Wildman–Crippen MR) is 61.7 cm³/mol. The lowest BCUT2D eigenvalue weighted by molar-refractivity contribution is 0.322. The van der Waals surface area contributed by atoms with Crippen LogP contribution in [0.15, 0.2) is 5.10 Å². The van der Waals surface area contributed by atoms with Crippen LogP contribution in [-0.2, 0) is 0 Å². The fourth-order valence-corrected chi connectivity index (χ4v) is 1.74. The highest BCUT2D eigenvalue weighted by molar-refractivity contribution is 5.78. The van der Waals surface area contributed by atoms with E-state index in [2.05, 4.69) is 22.4 Å². The normalized spacial score (nSPS) is 22.4. The van der Waals surface area contributed by atoms with E-state index in [0.717, 1.165) is 12.3 Å². The Morgan fingerprint density at radius 3 is 2.93 bits per heavy atom. The largest absolute Gasteiger partial charge is 0.306 e. The Morgan fingerprint density at radius 2 is 2.29 bits per heavy atom. The van der Waals surface area contributed by atoms with Gasteiger partial charge >= 0.3 is 0 Å². The molecule has 0 aromatic carbocycles. The summed E-state index contributed by atoms with van der Waals surface area (Å²) in [5.41, 5.74) is 4.34. The van der Waals surface area contributed by atoms with Gasteiger partial charge in [-0.2, -0.15) is 5.10 Å². The Bertz CT molecular complexity index is 185. The van der Waals surface area contributed by atoms with Crippen molar-refractivity contribution in [3.63, 3.8) is 0 Å². The molecule has 0 radical (unpaired) electrons. The first-order chi connectivity index (χ1) is 6.72. The van der Waals surface area contributed by atoms with Crippen molar-refractivity contribution in [3.05, 3.63) is 0 Å². The average Bonchev–Trinajstić information content (AvgIpc) is 2.59. The first-order valence-corrected chi connectivity index (χ1v) is 5.71. The minimum absolute atomic E-state index is 0.571. The van der Waals surface area contributed by atoms with E-state index in [0.29, 0.717) is 6.04 Å². The van der Waals surface area contributed by atoms with Crippen LogP contribution in [0, 0.1) is 0 Å². The molecule has 1 saturated heterocycles. The van der Waals surface area contributed by atoms with Gasteiger partial charge in [0.05, 0.1) is 6.04 Å². The van der Waals surface area contributed by atoms with Crippen molar-refractivity contribution in [3.8, 4) is 0 Å². The number of nitrogens with one attached hydrogen (secondary N) is 1. The molecular weight excluding hydrogens is 174 g/mol. The molecule has 1 rings (SSSR count). The van der Waals surface area contributed by atoms with Gasteiger partial charge < -0.3 is 10.3 Å². The second-order valence-corrected chi connectivity index (χ2v) is 4.33. The highest BCUT2D eigenvalue weighted by atomic mass is 15.3. The molecular formula is C11H23N3. The Morgan fingerprint density at radius 1 is 1.50 bits per heavy atom. The van der Waals surface area contributed by atoms with Gasteiger partial charge in [-0.25, -0.2) is 0 Å². The van der Waals surface area contributed by atoms with Crippen LogP contribution in [0.1, 0.15) is 40.0 Å². The monoisotopic (exact) mass is 197 g/mol. The molecule has 0 amide bonds. The molecule has 0 saturated carbocycles. The van der Waals surface area contributed by atoms with Crippen molar-refractivity contribution >= 4 is 5.71 Å². The highest BCUT2D eigenvalue weighted by Crippen LogP contribution is 2.09. The minimum atomic E-state index is 0.571. The van der Waals surface area contributed by atoms with Crippen LogP contribution in [-0.4, -0.2) is 36.3 Å². The van der Waals surface area contributed by atoms with Gasteiger partial charge in [0.2, 0.25) is 0 Å². The quantitative estimate of drug-likeness (QED) is 0.538. The summed E-state index contributed by atoms with van der Waals surface area (Å²) in [6.07, 6.45) is 3.85. The van der Waals surface area contributed by atoms with Crippen molar-refractivity contribution in [2.24, 2.45) is 5.10 Å². The van der Waals surface area contributed by atoms with E-state index in [-0.39, 0.29) is 0 Å². The first kappa shape index (κ1) is 11.5. The van der Waals surface area contributed by atoms with Crippen LogP contribution in [0.25, 0.3) is 0 Å². The second-order valence-electron chi connectivity index (χ2n) is 4.33. The molecule has 1 aliphatic rings. The van der Waals surface area contributed by atoms with Crippen LogP contribution >= 0.6 is 0 Å². The van der Waals surface area contributed by atoms with Gasteiger partial charge in [0.1, 0.15) is 0 Å². The minimum Gasteiger partial charge on any atom is -0.306 e. The van der Waals surface area contributed by atoms with E-state index in [9.17, 15) is 0 Å². The van der Waals surface area contributed by atoms with Crippen LogP contribution in [0.2, 0.25) is 0 Å². The van der Waals surface area contributed by atoms with Crippen LogP contribution in [0.5, 0.6) is 0 Å². The zero-order valence-corrected chi connectivity index (χ0v) is 9.71. The van der Waals surface area contributed by atoms with Crippen molar-refractivity contribution in [2.45, 2.75) is 46.1 Å². The Balaban J connectivity index is 2.17. The molecule has 1 unspecified atom stereocenters. The first-order valence-electron chi connectivity index (χ1n) is 5.71. The molecule has 0 aromatic heterocycles. The summed E-state index contributed by atoms with van der Waals surface area (Å²) in [4.78, 5) is 2.53. The molecule has 0 aliphatic carbocycles. The fraction of sp³-hybridized carbons (Fsp3) is 0.909. The van der Waals surface area contributed by atoms with Gasteiger partial charge in [-0.3, -0.25) is 0 Å². The van der Waals surface area contributed by atoms with Crippen molar-refractivity contribution in [1.82, 2.24) is 10.3 Å². The van der Waals surface area contributed by atoms with Gasteiger partial charge in [0.25, 0.3) is 0 Å². The van der Waals surface area contributed by atoms with Crippen molar-refractivity contribution in [1.29, 1.82) is 0 Å². The third kappa shape index (κ3) is 4.09. The molecule has 1 N–H and O–H groups in total. The summed E-state index contributed by atoms with van der Waals surface area (Å²) in [5, 5.41) is 4.26. The summed E-state index contributed by atoms with van der Waals surface area (Å²) in [6, 6.07) is 0.571. The number of likely N-dealkylation sites (tertiary alicyclic amines) is 1. The zero-order chi connectivity index (χ0) is 10.4. The number of unbranched alkanes of at least 4 members (excludes halogenated alkanes) is 1. The molecule has 1 heterocycles. The third-order valence-electron chi connectivity index (χ3n) is 2.57. The van der Waals surface area contributed by atoms with E-state index in [1.165, 1.54) is 32.4 Å². The van der Waals surface area contributed by atoms with E-state index < -0.39 is 0 Å². The zero-order valence-electron chi connectivity index (χ0n) is 9.71. The number of hydrazone groups is 1. The number of nitrogens with zero attached hydrogens (tertiary/aromatic N) is 2. The second kappa shape index (κ2) is 6.02. The lowest BCUT2D eigenvalue weighted by Gasteiger charge is -2.15. The predicted octanol–water partition coefficient (Wildman–Crippen LogP) is 1.85. The molecule has 1 aliphatic heterocycles. The maximum Gasteiger partial charge on any atom is 0.0579 e. The standard InChI is InChI=1S/C11H23N3/c1-4-5-7-14-8-6-11(9-14)13-12-10(2)3/h11,13H,4-9H2,1-3H3. The molecule has 3 nitrogen and oxygen atoms in total.